The van der Waals surface area contributed by atoms with Crippen molar-refractivity contribution in [3.05, 3.63) is 38.2 Å². The zero-order chi connectivity index (χ0) is 21.6. The smallest absolute Gasteiger partial charge is 0.329 e. The molecule has 1 atom stereocenters. The normalized spacial score (nSPS) is 20.4. The molecule has 1 amide bonds. The van der Waals surface area contributed by atoms with Crippen molar-refractivity contribution in [1.29, 1.82) is 0 Å². The van der Waals surface area contributed by atoms with E-state index in [1.54, 1.807) is 13.0 Å². The molecule has 1 aliphatic heterocycles. The molecule has 3 heterocycles. The van der Waals surface area contributed by atoms with Crippen molar-refractivity contribution >= 4 is 27.0 Å². The van der Waals surface area contributed by atoms with Crippen molar-refractivity contribution < 1.29 is 13.2 Å². The maximum atomic E-state index is 13.2. The van der Waals surface area contributed by atoms with Crippen LogP contribution in [-0.2, 0) is 16.6 Å². The Balaban J connectivity index is 1.75. The predicted octanol–water partition coefficient (Wildman–Crippen LogP) is 0.136. The van der Waals surface area contributed by atoms with E-state index in [0.29, 0.717) is 31.6 Å². The van der Waals surface area contributed by atoms with Gasteiger partial charge in [-0.1, -0.05) is 0 Å². The highest BCUT2D eigenvalue weighted by molar-refractivity contribution is 7.88. The quantitative estimate of drug-likeness (QED) is 0.686. The first-order chi connectivity index (χ1) is 14.2. The summed E-state index contributed by atoms with van der Waals surface area (Å²) < 4.78 is 26.4. The van der Waals surface area contributed by atoms with Gasteiger partial charge in [0.2, 0.25) is 10.0 Å². The van der Waals surface area contributed by atoms with Gasteiger partial charge in [-0.25, -0.2) is 22.5 Å². The highest BCUT2D eigenvalue weighted by Gasteiger charge is 2.31. The highest BCUT2D eigenvalue weighted by atomic mass is 32.2. The van der Waals surface area contributed by atoms with E-state index in [4.69, 9.17) is 0 Å². The largest absolute Gasteiger partial charge is 0.348 e. The van der Waals surface area contributed by atoms with Gasteiger partial charge in [-0.2, -0.15) is 0 Å². The van der Waals surface area contributed by atoms with Crippen LogP contribution in [0.25, 0.3) is 11.0 Å². The van der Waals surface area contributed by atoms with Crippen LogP contribution in [0.5, 0.6) is 0 Å². The Morgan fingerprint density at radius 3 is 2.67 bits per heavy atom. The Hall–Kier alpha value is -2.53. The standard InChI is InChI=1S/C19H25N5O5S/c1-3-24-16-15(18(26)22-19(24)27)13(9-14(21-16)11-6-7-11)17(25)20-12-5-4-8-23(10-12)30(2,28)29/h9,11-12H,3-8,10H2,1-2H3,(H,20,25)(H,22,26,27). The Bertz CT molecular complexity index is 1230. The third kappa shape index (κ3) is 3.91. The zero-order valence-corrected chi connectivity index (χ0v) is 17.8. The van der Waals surface area contributed by atoms with Crippen LogP contribution >= 0.6 is 0 Å². The van der Waals surface area contributed by atoms with E-state index in [-0.39, 0.29) is 35.1 Å². The molecule has 2 N–H and O–H groups in total. The van der Waals surface area contributed by atoms with Crippen LogP contribution in [0.15, 0.2) is 15.7 Å². The number of aromatic nitrogens is 3. The van der Waals surface area contributed by atoms with Gasteiger partial charge in [0, 0.05) is 37.3 Å². The zero-order valence-electron chi connectivity index (χ0n) is 17.0. The van der Waals surface area contributed by atoms with Gasteiger partial charge in [0.25, 0.3) is 11.5 Å². The average molecular weight is 436 g/mol. The van der Waals surface area contributed by atoms with Gasteiger partial charge in [-0.3, -0.25) is 19.1 Å². The molecule has 0 aromatic carbocycles. The van der Waals surface area contributed by atoms with Crippen LogP contribution < -0.4 is 16.6 Å². The number of carbonyl (C=O) groups excluding carboxylic acids is 1. The molecule has 0 spiro atoms. The first-order valence-electron chi connectivity index (χ1n) is 10.1. The fraction of sp³-hybridized carbons (Fsp3) is 0.579. The third-order valence-electron chi connectivity index (χ3n) is 5.71. The van der Waals surface area contributed by atoms with E-state index in [1.807, 2.05) is 0 Å². The molecule has 2 aromatic rings. The van der Waals surface area contributed by atoms with Gasteiger partial charge in [-0.15, -0.1) is 0 Å². The Kier molecular flexibility index (Phi) is 5.27. The molecular formula is C19H25N5O5S. The second kappa shape index (κ2) is 7.62. The lowest BCUT2D eigenvalue weighted by Gasteiger charge is -2.31. The summed E-state index contributed by atoms with van der Waals surface area (Å²) in [4.78, 5) is 44.8. The van der Waals surface area contributed by atoms with Crippen molar-refractivity contribution in [2.45, 2.75) is 51.1 Å². The summed E-state index contributed by atoms with van der Waals surface area (Å²) in [6.45, 7) is 2.70. The second-order valence-corrected chi connectivity index (χ2v) is 9.99. The number of sulfonamides is 1. The summed E-state index contributed by atoms with van der Waals surface area (Å²) in [6, 6.07) is 1.27. The molecule has 1 saturated heterocycles. The van der Waals surface area contributed by atoms with E-state index in [1.165, 1.54) is 8.87 Å². The number of amides is 1. The first kappa shape index (κ1) is 20.7. The number of hydrogen-bond acceptors (Lipinski definition) is 6. The number of rotatable bonds is 5. The van der Waals surface area contributed by atoms with Gasteiger partial charge >= 0.3 is 5.69 Å². The summed E-state index contributed by atoms with van der Waals surface area (Å²) in [6.07, 6.45) is 4.33. The van der Waals surface area contributed by atoms with Crippen LogP contribution in [0.2, 0.25) is 0 Å². The Morgan fingerprint density at radius 2 is 2.03 bits per heavy atom. The van der Waals surface area contributed by atoms with E-state index in [0.717, 1.165) is 19.1 Å². The monoisotopic (exact) mass is 435 g/mol. The number of H-pyrrole nitrogens is 1. The molecule has 4 rings (SSSR count). The SMILES string of the molecule is CCn1c(=O)[nH]c(=O)c2c(C(=O)NC3CCCN(S(C)(=O)=O)C3)cc(C3CC3)nc21. The number of nitrogens with one attached hydrogen (secondary N) is 2. The van der Waals surface area contributed by atoms with Gasteiger partial charge in [-0.05, 0) is 38.7 Å². The van der Waals surface area contributed by atoms with E-state index in [9.17, 15) is 22.8 Å². The number of pyridine rings is 1. The second-order valence-electron chi connectivity index (χ2n) is 8.00. The lowest BCUT2D eigenvalue weighted by molar-refractivity contribution is 0.0923. The van der Waals surface area contributed by atoms with Crippen LogP contribution in [0.4, 0.5) is 0 Å². The van der Waals surface area contributed by atoms with Gasteiger partial charge in [0.1, 0.15) is 0 Å². The summed E-state index contributed by atoms with van der Waals surface area (Å²) in [5, 5.41) is 2.96. The minimum Gasteiger partial charge on any atom is -0.348 e. The fourth-order valence-electron chi connectivity index (χ4n) is 3.98. The molecule has 2 aromatic heterocycles. The predicted molar refractivity (Wildman–Crippen MR) is 111 cm³/mol. The van der Waals surface area contributed by atoms with E-state index < -0.39 is 27.2 Å². The number of nitrogens with zero attached hydrogens (tertiary/aromatic N) is 3. The Labute approximate surface area is 173 Å². The number of hydrogen-bond donors (Lipinski definition) is 2. The van der Waals surface area contributed by atoms with E-state index >= 15 is 0 Å². The summed E-state index contributed by atoms with van der Waals surface area (Å²) >= 11 is 0. The average Bonchev–Trinajstić information content (AvgIpc) is 3.52. The number of piperidine rings is 1. The topological polar surface area (TPSA) is 134 Å². The Morgan fingerprint density at radius 1 is 1.30 bits per heavy atom. The number of carbonyl (C=O) groups is 1. The van der Waals surface area contributed by atoms with Gasteiger partial charge in [0.15, 0.2) is 5.65 Å². The molecule has 1 aliphatic carbocycles. The van der Waals surface area contributed by atoms with Crippen molar-refractivity contribution in [3.63, 3.8) is 0 Å². The number of fused-ring (bicyclic) bond motifs is 1. The van der Waals surface area contributed by atoms with Crippen LogP contribution in [0, 0.1) is 0 Å². The first-order valence-corrected chi connectivity index (χ1v) is 12.0. The summed E-state index contributed by atoms with van der Waals surface area (Å²) in [5.74, 6) is -0.243. The van der Waals surface area contributed by atoms with Gasteiger partial charge in [0.05, 0.1) is 17.2 Å². The maximum Gasteiger partial charge on any atom is 0.329 e. The van der Waals surface area contributed by atoms with Crippen LogP contribution in [0.1, 0.15) is 54.6 Å². The van der Waals surface area contributed by atoms with Crippen molar-refractivity contribution in [2.75, 3.05) is 19.3 Å². The lowest BCUT2D eigenvalue weighted by Crippen LogP contribution is -2.49. The van der Waals surface area contributed by atoms with E-state index in [2.05, 4.69) is 15.3 Å². The molecule has 1 unspecified atom stereocenters. The van der Waals surface area contributed by atoms with Crippen LogP contribution in [-0.4, -0.2) is 58.6 Å². The molecule has 0 bridgehead atoms. The van der Waals surface area contributed by atoms with Crippen LogP contribution in [0.3, 0.4) is 0 Å². The molecule has 0 radical (unpaired) electrons. The lowest BCUT2D eigenvalue weighted by atomic mass is 10.0. The molecule has 2 fully saturated rings. The molecular weight excluding hydrogens is 410 g/mol. The molecule has 162 valence electrons. The number of aryl methyl sites for hydroxylation is 1. The van der Waals surface area contributed by atoms with Gasteiger partial charge < -0.3 is 5.32 Å². The van der Waals surface area contributed by atoms with Crippen molar-refractivity contribution in [3.8, 4) is 0 Å². The number of aromatic amines is 1. The maximum absolute atomic E-state index is 13.2. The van der Waals surface area contributed by atoms with Crippen molar-refractivity contribution in [2.24, 2.45) is 0 Å². The molecule has 30 heavy (non-hydrogen) atoms. The minimum atomic E-state index is -3.35. The summed E-state index contributed by atoms with van der Waals surface area (Å²) in [5.41, 5.74) is -0.135. The molecule has 2 aliphatic rings. The van der Waals surface area contributed by atoms with Crippen molar-refractivity contribution in [1.82, 2.24) is 24.2 Å². The molecule has 11 heteroatoms. The fourth-order valence-corrected chi connectivity index (χ4v) is 4.89. The third-order valence-corrected chi connectivity index (χ3v) is 6.98. The molecule has 10 nitrogen and oxygen atoms in total. The highest BCUT2D eigenvalue weighted by Crippen LogP contribution is 2.39. The summed E-state index contributed by atoms with van der Waals surface area (Å²) in [7, 11) is -3.35. The molecule has 1 saturated carbocycles. The minimum absolute atomic E-state index is 0.0779.